The highest BCUT2D eigenvalue weighted by molar-refractivity contribution is 5.74. The number of hydrogen-bond donors (Lipinski definition) is 1. The van der Waals surface area contributed by atoms with E-state index in [0.717, 1.165) is 25.3 Å². The first-order valence-electron chi connectivity index (χ1n) is 7.30. The molecule has 1 fully saturated rings. The van der Waals surface area contributed by atoms with Crippen LogP contribution in [0.2, 0.25) is 0 Å². The molecule has 2 amide bonds. The highest BCUT2D eigenvalue weighted by atomic mass is 16.3. The minimum Gasteiger partial charge on any atom is -0.468 e. The largest absolute Gasteiger partial charge is 0.468 e. The van der Waals surface area contributed by atoms with Crippen molar-refractivity contribution < 1.29 is 9.21 Å². The summed E-state index contributed by atoms with van der Waals surface area (Å²) in [6.45, 7) is 4.48. The average molecular weight is 279 g/mol. The Kier molecular flexibility index (Phi) is 5.06. The van der Waals surface area contributed by atoms with Gasteiger partial charge in [-0.3, -0.25) is 4.90 Å². The molecule has 2 atom stereocenters. The van der Waals surface area contributed by atoms with Crippen LogP contribution in [0.3, 0.4) is 0 Å². The fourth-order valence-electron chi connectivity index (χ4n) is 2.69. The molecule has 0 spiro atoms. The maximum Gasteiger partial charge on any atom is 0.317 e. The van der Waals surface area contributed by atoms with Crippen LogP contribution in [-0.4, -0.2) is 49.6 Å². The Bertz CT molecular complexity index is 417. The number of carbonyl (C=O) groups is 1. The van der Waals surface area contributed by atoms with Crippen molar-refractivity contribution in [3.8, 4) is 0 Å². The molecular formula is C15H25N3O2. The molecule has 0 bridgehead atoms. The summed E-state index contributed by atoms with van der Waals surface area (Å²) in [5, 5.41) is 3.03. The number of carbonyl (C=O) groups excluding carboxylic acids is 1. The summed E-state index contributed by atoms with van der Waals surface area (Å²) in [6.07, 6.45) is 3.99. The number of amides is 2. The van der Waals surface area contributed by atoms with E-state index in [0.29, 0.717) is 12.5 Å². The molecule has 2 rings (SSSR count). The third-order valence-electron chi connectivity index (χ3n) is 3.89. The number of furan rings is 1. The van der Waals surface area contributed by atoms with E-state index in [1.54, 1.807) is 6.26 Å². The van der Waals surface area contributed by atoms with Crippen molar-refractivity contribution >= 4 is 6.03 Å². The van der Waals surface area contributed by atoms with Gasteiger partial charge in [0, 0.05) is 19.6 Å². The summed E-state index contributed by atoms with van der Waals surface area (Å²) in [5.74, 6) is 1.48. The molecule has 0 radical (unpaired) electrons. The number of hydrogen-bond acceptors (Lipinski definition) is 3. The van der Waals surface area contributed by atoms with Gasteiger partial charge in [0.15, 0.2) is 0 Å². The van der Waals surface area contributed by atoms with Gasteiger partial charge in [-0.2, -0.15) is 0 Å². The summed E-state index contributed by atoms with van der Waals surface area (Å²) in [7, 11) is 3.98. The highest BCUT2D eigenvalue weighted by Crippen LogP contribution is 2.18. The van der Waals surface area contributed by atoms with E-state index in [1.807, 2.05) is 31.1 Å². The molecule has 0 aromatic carbocycles. The average Bonchev–Trinajstić information content (AvgIpc) is 2.92. The van der Waals surface area contributed by atoms with Crippen LogP contribution in [0.15, 0.2) is 22.8 Å². The van der Waals surface area contributed by atoms with Gasteiger partial charge in [-0.15, -0.1) is 0 Å². The zero-order chi connectivity index (χ0) is 14.5. The predicted molar refractivity (Wildman–Crippen MR) is 78.5 cm³/mol. The topological polar surface area (TPSA) is 48.7 Å². The van der Waals surface area contributed by atoms with Gasteiger partial charge in [-0.05, 0) is 45.0 Å². The van der Waals surface area contributed by atoms with Gasteiger partial charge in [-0.25, -0.2) is 4.79 Å². The van der Waals surface area contributed by atoms with E-state index in [-0.39, 0.29) is 12.1 Å². The lowest BCUT2D eigenvalue weighted by atomic mass is 10.0. The van der Waals surface area contributed by atoms with E-state index in [4.69, 9.17) is 4.42 Å². The molecule has 5 heteroatoms. The first-order valence-corrected chi connectivity index (χ1v) is 7.30. The third kappa shape index (κ3) is 3.76. The Morgan fingerprint density at radius 1 is 1.60 bits per heavy atom. The standard InChI is InChI=1S/C15H25N3O2/c1-12-6-4-8-18(11-12)15(19)16-10-13(17(2)3)14-7-5-9-20-14/h5,7,9,12-13H,4,6,8,10-11H2,1-3H3,(H,16,19). The number of likely N-dealkylation sites (tertiary alicyclic amines) is 1. The molecule has 1 aromatic heterocycles. The van der Waals surface area contributed by atoms with Crippen molar-refractivity contribution in [3.63, 3.8) is 0 Å². The Morgan fingerprint density at radius 2 is 2.40 bits per heavy atom. The molecule has 0 saturated carbocycles. The third-order valence-corrected chi connectivity index (χ3v) is 3.89. The van der Waals surface area contributed by atoms with Crippen LogP contribution >= 0.6 is 0 Å². The van der Waals surface area contributed by atoms with Gasteiger partial charge < -0.3 is 14.6 Å². The quantitative estimate of drug-likeness (QED) is 0.920. The fraction of sp³-hybridized carbons (Fsp3) is 0.667. The van der Waals surface area contributed by atoms with Gasteiger partial charge in [-0.1, -0.05) is 6.92 Å². The molecule has 2 unspecified atom stereocenters. The van der Waals surface area contributed by atoms with Gasteiger partial charge in [0.2, 0.25) is 0 Å². The maximum atomic E-state index is 12.2. The van der Waals surface area contributed by atoms with Gasteiger partial charge >= 0.3 is 6.03 Å². The summed E-state index contributed by atoms with van der Waals surface area (Å²) >= 11 is 0. The van der Waals surface area contributed by atoms with E-state index < -0.39 is 0 Å². The normalized spacial score (nSPS) is 21.0. The van der Waals surface area contributed by atoms with E-state index >= 15 is 0 Å². The minimum atomic E-state index is 0.0370. The molecular weight excluding hydrogens is 254 g/mol. The minimum absolute atomic E-state index is 0.0370. The molecule has 1 aromatic rings. The molecule has 2 heterocycles. The van der Waals surface area contributed by atoms with Crippen molar-refractivity contribution in [2.45, 2.75) is 25.8 Å². The lowest BCUT2D eigenvalue weighted by molar-refractivity contribution is 0.164. The Morgan fingerprint density at radius 3 is 3.00 bits per heavy atom. The Hall–Kier alpha value is -1.49. The van der Waals surface area contributed by atoms with Crippen LogP contribution in [0, 0.1) is 5.92 Å². The molecule has 1 aliphatic heterocycles. The number of likely N-dealkylation sites (N-methyl/N-ethyl adjacent to an activating group) is 1. The second-order valence-corrected chi connectivity index (χ2v) is 5.87. The molecule has 20 heavy (non-hydrogen) atoms. The second-order valence-electron chi connectivity index (χ2n) is 5.87. The van der Waals surface area contributed by atoms with E-state index in [1.165, 1.54) is 6.42 Å². The molecule has 1 N–H and O–H groups in total. The smallest absolute Gasteiger partial charge is 0.317 e. The van der Waals surface area contributed by atoms with Gasteiger partial charge in [0.25, 0.3) is 0 Å². The number of rotatable bonds is 4. The first-order chi connectivity index (χ1) is 9.58. The molecule has 0 aliphatic carbocycles. The zero-order valence-corrected chi connectivity index (χ0v) is 12.6. The lowest BCUT2D eigenvalue weighted by Gasteiger charge is -2.32. The predicted octanol–water partition coefficient (Wildman–Crippen LogP) is 2.32. The van der Waals surface area contributed by atoms with Crippen molar-refractivity contribution in [1.29, 1.82) is 0 Å². The fourth-order valence-corrected chi connectivity index (χ4v) is 2.69. The summed E-state index contributed by atoms with van der Waals surface area (Å²) < 4.78 is 5.45. The number of nitrogens with zero attached hydrogens (tertiary/aromatic N) is 2. The second kappa shape index (κ2) is 6.79. The number of piperidine rings is 1. The van der Waals surface area contributed by atoms with Crippen LogP contribution in [0.5, 0.6) is 0 Å². The Balaban J connectivity index is 1.87. The van der Waals surface area contributed by atoms with Crippen LogP contribution in [0.4, 0.5) is 4.79 Å². The first kappa shape index (κ1) is 14.9. The number of nitrogens with one attached hydrogen (secondary N) is 1. The van der Waals surface area contributed by atoms with E-state index in [9.17, 15) is 4.79 Å². The summed E-state index contributed by atoms with van der Waals surface area (Å²) in [6, 6.07) is 3.92. The molecule has 1 aliphatic rings. The van der Waals surface area contributed by atoms with Crippen molar-refractivity contribution in [3.05, 3.63) is 24.2 Å². The van der Waals surface area contributed by atoms with Crippen LogP contribution in [-0.2, 0) is 0 Å². The highest BCUT2D eigenvalue weighted by Gasteiger charge is 2.23. The summed E-state index contributed by atoms with van der Waals surface area (Å²) in [4.78, 5) is 16.2. The van der Waals surface area contributed by atoms with Crippen LogP contribution < -0.4 is 5.32 Å². The van der Waals surface area contributed by atoms with Gasteiger partial charge in [0.05, 0.1) is 12.3 Å². The number of urea groups is 1. The van der Waals surface area contributed by atoms with Crippen LogP contribution in [0.25, 0.3) is 0 Å². The Labute approximate surface area is 120 Å². The van der Waals surface area contributed by atoms with Crippen LogP contribution in [0.1, 0.15) is 31.6 Å². The van der Waals surface area contributed by atoms with Gasteiger partial charge in [0.1, 0.15) is 5.76 Å². The van der Waals surface area contributed by atoms with Crippen molar-refractivity contribution in [2.24, 2.45) is 5.92 Å². The van der Waals surface area contributed by atoms with Crippen molar-refractivity contribution in [1.82, 2.24) is 15.1 Å². The molecule has 5 nitrogen and oxygen atoms in total. The lowest BCUT2D eigenvalue weighted by Crippen LogP contribution is -2.46. The summed E-state index contributed by atoms with van der Waals surface area (Å²) in [5.41, 5.74) is 0. The SMILES string of the molecule is CC1CCCN(C(=O)NCC(c2ccco2)N(C)C)C1. The molecule has 112 valence electrons. The molecule has 1 saturated heterocycles. The van der Waals surface area contributed by atoms with E-state index in [2.05, 4.69) is 17.1 Å². The van der Waals surface area contributed by atoms with Crippen molar-refractivity contribution in [2.75, 3.05) is 33.7 Å². The maximum absolute atomic E-state index is 12.2. The monoisotopic (exact) mass is 279 g/mol. The zero-order valence-electron chi connectivity index (χ0n) is 12.6.